The molecule has 0 spiro atoms. The van der Waals surface area contributed by atoms with E-state index in [2.05, 4.69) is 10.3 Å². The fraction of sp³-hybridized carbons (Fsp3) is 0.158. The van der Waals surface area contributed by atoms with Crippen LogP contribution in [0.3, 0.4) is 0 Å². The minimum absolute atomic E-state index is 0.0277. The van der Waals surface area contributed by atoms with Crippen molar-refractivity contribution in [1.82, 2.24) is 5.32 Å². The highest BCUT2D eigenvalue weighted by molar-refractivity contribution is 8.18. The number of benzene rings is 2. The largest absolute Gasteiger partial charge is 0.489 e. The standard InChI is InChI=1S/C19H15Cl3N2O2S/c1-10(2)26-15-7-6-11(8-13(15)21)9-16-18(25)24-19(27-16)23-14-5-3-4-12(20)17(14)22/h3-10H,1-2H3,(H,23,24,25). The quantitative estimate of drug-likeness (QED) is 0.564. The number of halogens is 3. The molecule has 2 aromatic rings. The molecule has 1 fully saturated rings. The molecule has 0 bridgehead atoms. The summed E-state index contributed by atoms with van der Waals surface area (Å²) in [6.07, 6.45) is 1.77. The average molecular weight is 442 g/mol. The Bertz CT molecular complexity index is 958. The number of carbonyl (C=O) groups is 1. The molecule has 1 aliphatic rings. The van der Waals surface area contributed by atoms with E-state index < -0.39 is 0 Å². The Balaban J connectivity index is 1.82. The molecule has 1 amide bonds. The van der Waals surface area contributed by atoms with Crippen LogP contribution in [0, 0.1) is 0 Å². The topological polar surface area (TPSA) is 50.7 Å². The molecule has 1 aliphatic heterocycles. The van der Waals surface area contributed by atoms with Gasteiger partial charge in [-0.3, -0.25) is 4.79 Å². The summed E-state index contributed by atoms with van der Waals surface area (Å²) in [7, 11) is 0. The maximum atomic E-state index is 12.2. The fourth-order valence-electron chi connectivity index (χ4n) is 2.28. The van der Waals surface area contributed by atoms with Gasteiger partial charge in [-0.15, -0.1) is 0 Å². The zero-order valence-electron chi connectivity index (χ0n) is 14.4. The zero-order chi connectivity index (χ0) is 19.6. The van der Waals surface area contributed by atoms with Crippen molar-refractivity contribution in [2.24, 2.45) is 4.99 Å². The van der Waals surface area contributed by atoms with Crippen LogP contribution < -0.4 is 10.1 Å². The number of carbonyl (C=O) groups excluding carboxylic acids is 1. The summed E-state index contributed by atoms with van der Waals surface area (Å²) in [4.78, 5) is 17.1. The zero-order valence-corrected chi connectivity index (χ0v) is 17.5. The fourth-order valence-corrected chi connectivity index (χ4v) is 3.68. The summed E-state index contributed by atoms with van der Waals surface area (Å²) in [6, 6.07) is 10.5. The van der Waals surface area contributed by atoms with Crippen molar-refractivity contribution in [3.05, 3.63) is 61.9 Å². The van der Waals surface area contributed by atoms with Gasteiger partial charge in [-0.05, 0) is 61.5 Å². The molecule has 1 saturated heterocycles. The first-order chi connectivity index (χ1) is 12.8. The van der Waals surface area contributed by atoms with Crippen molar-refractivity contribution in [3.63, 3.8) is 0 Å². The maximum Gasteiger partial charge on any atom is 0.264 e. The van der Waals surface area contributed by atoms with Crippen LogP contribution in [0.2, 0.25) is 15.1 Å². The third-order valence-corrected chi connectivity index (χ3v) is 5.43. The number of nitrogens with one attached hydrogen (secondary N) is 1. The molecule has 1 heterocycles. The minimum atomic E-state index is -0.240. The first-order valence-corrected chi connectivity index (χ1v) is 9.98. The smallest absolute Gasteiger partial charge is 0.264 e. The number of aliphatic imine (C=N–C) groups is 1. The number of ether oxygens (including phenoxy) is 1. The Kier molecular flexibility index (Phi) is 6.37. The highest BCUT2D eigenvalue weighted by Gasteiger charge is 2.24. The predicted molar refractivity (Wildman–Crippen MR) is 114 cm³/mol. The Morgan fingerprint density at radius 2 is 1.93 bits per heavy atom. The van der Waals surface area contributed by atoms with Crippen molar-refractivity contribution in [2.45, 2.75) is 20.0 Å². The molecule has 0 aliphatic carbocycles. The van der Waals surface area contributed by atoms with E-state index >= 15 is 0 Å². The van der Waals surface area contributed by atoms with Crippen LogP contribution in [0.25, 0.3) is 6.08 Å². The molecule has 0 saturated carbocycles. The van der Waals surface area contributed by atoms with Crippen molar-refractivity contribution >= 4 is 69.4 Å². The van der Waals surface area contributed by atoms with Crippen LogP contribution >= 0.6 is 46.6 Å². The molecule has 4 nitrogen and oxygen atoms in total. The number of hydrogen-bond acceptors (Lipinski definition) is 4. The highest BCUT2D eigenvalue weighted by atomic mass is 35.5. The van der Waals surface area contributed by atoms with Gasteiger partial charge in [-0.25, -0.2) is 4.99 Å². The van der Waals surface area contributed by atoms with Crippen LogP contribution in [-0.4, -0.2) is 17.2 Å². The average Bonchev–Trinajstić information content (AvgIpc) is 2.93. The van der Waals surface area contributed by atoms with Gasteiger partial charge in [0.2, 0.25) is 0 Å². The van der Waals surface area contributed by atoms with Gasteiger partial charge in [0, 0.05) is 0 Å². The predicted octanol–water partition coefficient (Wildman–Crippen LogP) is 6.33. The van der Waals surface area contributed by atoms with Crippen LogP contribution in [0.1, 0.15) is 19.4 Å². The number of amidine groups is 1. The number of nitrogens with zero attached hydrogens (tertiary/aromatic N) is 1. The summed E-state index contributed by atoms with van der Waals surface area (Å²) in [5.41, 5.74) is 1.28. The summed E-state index contributed by atoms with van der Waals surface area (Å²) in [6.45, 7) is 3.86. The van der Waals surface area contributed by atoms with E-state index in [1.165, 1.54) is 11.8 Å². The number of amides is 1. The van der Waals surface area contributed by atoms with E-state index in [0.29, 0.717) is 36.6 Å². The van der Waals surface area contributed by atoms with E-state index in [-0.39, 0.29) is 12.0 Å². The van der Waals surface area contributed by atoms with E-state index in [4.69, 9.17) is 39.5 Å². The first kappa shape index (κ1) is 20.1. The van der Waals surface area contributed by atoms with Gasteiger partial charge in [0.05, 0.1) is 31.8 Å². The van der Waals surface area contributed by atoms with E-state index in [0.717, 1.165) is 5.56 Å². The molecule has 0 atom stereocenters. The normalized spacial score (nSPS) is 17.0. The summed E-state index contributed by atoms with van der Waals surface area (Å²) in [5, 5.41) is 4.38. The third kappa shape index (κ3) is 4.99. The molecule has 0 radical (unpaired) electrons. The molecule has 2 aromatic carbocycles. The molecule has 0 unspecified atom stereocenters. The lowest BCUT2D eigenvalue weighted by molar-refractivity contribution is -0.115. The molecule has 140 valence electrons. The Morgan fingerprint density at radius 1 is 1.15 bits per heavy atom. The monoisotopic (exact) mass is 440 g/mol. The van der Waals surface area contributed by atoms with Crippen LogP contribution in [0.4, 0.5) is 5.69 Å². The van der Waals surface area contributed by atoms with Crippen molar-refractivity contribution < 1.29 is 9.53 Å². The molecule has 8 heteroatoms. The highest BCUT2D eigenvalue weighted by Crippen LogP contribution is 2.35. The maximum absolute atomic E-state index is 12.2. The van der Waals surface area contributed by atoms with Crippen LogP contribution in [-0.2, 0) is 4.79 Å². The summed E-state index contributed by atoms with van der Waals surface area (Å²) >= 11 is 19.6. The van der Waals surface area contributed by atoms with Crippen LogP contribution in [0.5, 0.6) is 5.75 Å². The lowest BCUT2D eigenvalue weighted by Gasteiger charge is -2.11. The van der Waals surface area contributed by atoms with Crippen molar-refractivity contribution in [3.8, 4) is 5.75 Å². The number of rotatable bonds is 4. The van der Waals surface area contributed by atoms with Gasteiger partial charge < -0.3 is 10.1 Å². The molecule has 0 aromatic heterocycles. The molecule has 3 rings (SSSR count). The molecular weight excluding hydrogens is 427 g/mol. The SMILES string of the molecule is CC(C)Oc1ccc(C=C2SC(=Nc3cccc(Cl)c3Cl)NC2=O)cc1Cl. The van der Waals surface area contributed by atoms with Gasteiger partial charge in [0.1, 0.15) is 5.75 Å². The lowest BCUT2D eigenvalue weighted by Crippen LogP contribution is -2.19. The molecule has 1 N–H and O–H groups in total. The van der Waals surface area contributed by atoms with E-state index in [9.17, 15) is 4.79 Å². The second-order valence-electron chi connectivity index (χ2n) is 5.91. The van der Waals surface area contributed by atoms with Gasteiger partial charge >= 0.3 is 0 Å². The van der Waals surface area contributed by atoms with Crippen LogP contribution in [0.15, 0.2) is 46.3 Å². The summed E-state index contributed by atoms with van der Waals surface area (Å²) < 4.78 is 5.62. The van der Waals surface area contributed by atoms with Crippen molar-refractivity contribution in [2.75, 3.05) is 0 Å². The van der Waals surface area contributed by atoms with Gasteiger partial charge in [0.15, 0.2) is 5.17 Å². The number of hydrogen-bond donors (Lipinski definition) is 1. The Hall–Kier alpha value is -1.66. The first-order valence-electron chi connectivity index (χ1n) is 8.03. The van der Waals surface area contributed by atoms with Gasteiger partial charge in [0.25, 0.3) is 5.91 Å². The van der Waals surface area contributed by atoms with Gasteiger partial charge in [-0.1, -0.05) is 46.9 Å². The van der Waals surface area contributed by atoms with Crippen molar-refractivity contribution in [1.29, 1.82) is 0 Å². The Morgan fingerprint density at radius 3 is 2.63 bits per heavy atom. The molecular formula is C19H15Cl3N2O2S. The number of thioether (sulfide) groups is 1. The lowest BCUT2D eigenvalue weighted by atomic mass is 10.2. The van der Waals surface area contributed by atoms with E-state index in [1.807, 2.05) is 19.9 Å². The Labute approximate surface area is 176 Å². The third-order valence-electron chi connectivity index (χ3n) is 3.42. The molecule has 27 heavy (non-hydrogen) atoms. The second-order valence-corrected chi connectivity index (χ2v) is 8.13. The second kappa shape index (κ2) is 8.57. The summed E-state index contributed by atoms with van der Waals surface area (Å²) in [5.74, 6) is 0.366. The van der Waals surface area contributed by atoms with Gasteiger partial charge in [-0.2, -0.15) is 0 Å². The van der Waals surface area contributed by atoms with E-state index in [1.54, 1.807) is 36.4 Å². The minimum Gasteiger partial charge on any atom is -0.489 e.